The summed E-state index contributed by atoms with van der Waals surface area (Å²) in [6.07, 6.45) is 5.88. The van der Waals surface area contributed by atoms with Crippen molar-refractivity contribution in [2.45, 2.75) is 24.8 Å². The Balaban J connectivity index is 0.00000341. The number of para-hydroxylation sites is 1. The van der Waals surface area contributed by atoms with E-state index in [1.165, 1.54) is 23.2 Å². The molecule has 0 amide bonds. The molecule has 0 fully saturated rings. The minimum Gasteiger partial charge on any atom is -0.357 e. The maximum atomic E-state index is 12.2. The van der Waals surface area contributed by atoms with Crippen molar-refractivity contribution >= 4 is 50.9 Å². The molecule has 0 unspecified atom stereocenters. The molecule has 0 radical (unpaired) electrons. The molecule has 2 heterocycles. The molecule has 0 spiro atoms. The normalized spacial score (nSPS) is 11.8. The Kier molecular flexibility index (Phi) is 10.2. The van der Waals surface area contributed by atoms with Crippen molar-refractivity contribution in [2.75, 3.05) is 26.2 Å². The zero-order chi connectivity index (χ0) is 21.2. The van der Waals surface area contributed by atoms with E-state index in [0.29, 0.717) is 19.0 Å². The number of aryl methyl sites for hydroxylation is 1. The van der Waals surface area contributed by atoms with Crippen LogP contribution in [0.1, 0.15) is 13.3 Å². The highest BCUT2D eigenvalue weighted by Gasteiger charge is 2.12. The molecule has 10 heteroatoms. The van der Waals surface area contributed by atoms with Crippen molar-refractivity contribution in [3.05, 3.63) is 61.1 Å². The maximum absolute atomic E-state index is 12.2. The Hall–Kier alpha value is -2.18. The molecule has 1 aromatic carbocycles. The fourth-order valence-electron chi connectivity index (χ4n) is 3.06. The number of rotatable bonds is 10. The average molecular weight is 556 g/mol. The fourth-order valence-corrected chi connectivity index (χ4v) is 4.06. The van der Waals surface area contributed by atoms with Gasteiger partial charge in [-0.1, -0.05) is 18.2 Å². The zero-order valence-electron chi connectivity index (χ0n) is 17.5. The van der Waals surface area contributed by atoms with Gasteiger partial charge < -0.3 is 15.2 Å². The summed E-state index contributed by atoms with van der Waals surface area (Å²) in [4.78, 5) is 8.58. The summed E-state index contributed by atoms with van der Waals surface area (Å²) >= 11 is 0. The van der Waals surface area contributed by atoms with Gasteiger partial charge >= 0.3 is 0 Å². The Bertz CT molecular complexity index is 1070. The first-order chi connectivity index (χ1) is 14.6. The number of sulfonamides is 1. The number of aromatic nitrogens is 2. The van der Waals surface area contributed by atoms with E-state index in [-0.39, 0.29) is 35.4 Å². The molecule has 0 aliphatic heterocycles. The molecular formula is C21H29IN6O2S. The van der Waals surface area contributed by atoms with Crippen LogP contribution in [-0.4, -0.2) is 50.1 Å². The molecular weight excluding hydrogens is 527 g/mol. The van der Waals surface area contributed by atoms with E-state index >= 15 is 0 Å². The number of nitrogens with one attached hydrogen (secondary N) is 3. The number of pyridine rings is 1. The number of guanidine groups is 1. The smallest absolute Gasteiger partial charge is 0.242 e. The van der Waals surface area contributed by atoms with E-state index in [4.69, 9.17) is 0 Å². The molecule has 0 bridgehead atoms. The molecule has 8 nitrogen and oxygen atoms in total. The first-order valence-corrected chi connectivity index (χ1v) is 11.5. The Morgan fingerprint density at radius 1 is 1.10 bits per heavy atom. The first-order valence-electron chi connectivity index (χ1n) is 10.1. The second kappa shape index (κ2) is 12.6. The molecule has 3 rings (SSSR count). The summed E-state index contributed by atoms with van der Waals surface area (Å²) in [5.41, 5.74) is 1.23. The predicted molar refractivity (Wildman–Crippen MR) is 135 cm³/mol. The van der Waals surface area contributed by atoms with Crippen molar-refractivity contribution in [1.29, 1.82) is 0 Å². The highest BCUT2D eigenvalue weighted by molar-refractivity contribution is 14.0. The number of aliphatic imine (C=N–C) groups is 1. The molecule has 31 heavy (non-hydrogen) atoms. The van der Waals surface area contributed by atoms with Gasteiger partial charge in [-0.05, 0) is 43.0 Å². The van der Waals surface area contributed by atoms with E-state index < -0.39 is 10.0 Å². The second-order valence-electron chi connectivity index (χ2n) is 6.70. The van der Waals surface area contributed by atoms with Gasteiger partial charge in [0.1, 0.15) is 4.90 Å². The van der Waals surface area contributed by atoms with Crippen LogP contribution >= 0.6 is 24.0 Å². The number of benzene rings is 1. The number of fused-ring (bicyclic) bond motifs is 1. The summed E-state index contributed by atoms with van der Waals surface area (Å²) in [7, 11) is -3.55. The molecule has 3 aromatic rings. The number of hydrogen-bond acceptors (Lipinski definition) is 4. The minimum atomic E-state index is -3.55. The molecule has 168 valence electrons. The van der Waals surface area contributed by atoms with Crippen LogP contribution in [0.25, 0.3) is 10.9 Å². The van der Waals surface area contributed by atoms with E-state index in [0.717, 1.165) is 19.5 Å². The third-order valence-corrected chi connectivity index (χ3v) is 5.95. The minimum absolute atomic E-state index is 0. The lowest BCUT2D eigenvalue weighted by atomic mass is 10.2. The Morgan fingerprint density at radius 2 is 1.94 bits per heavy atom. The van der Waals surface area contributed by atoms with Crippen LogP contribution < -0.4 is 15.4 Å². The maximum Gasteiger partial charge on any atom is 0.242 e. The summed E-state index contributed by atoms with van der Waals surface area (Å²) in [6.45, 7) is 4.96. The monoisotopic (exact) mass is 556 g/mol. The highest BCUT2D eigenvalue weighted by atomic mass is 127. The van der Waals surface area contributed by atoms with Gasteiger partial charge in [0.2, 0.25) is 10.0 Å². The fraction of sp³-hybridized carbons (Fsp3) is 0.333. The molecule has 0 saturated carbocycles. The van der Waals surface area contributed by atoms with E-state index in [2.05, 4.69) is 54.3 Å². The van der Waals surface area contributed by atoms with Crippen LogP contribution in [0.4, 0.5) is 0 Å². The van der Waals surface area contributed by atoms with Gasteiger partial charge in [0.05, 0.1) is 0 Å². The third kappa shape index (κ3) is 7.47. The topological polar surface area (TPSA) is 100 Å². The molecule has 0 saturated heterocycles. The summed E-state index contributed by atoms with van der Waals surface area (Å²) in [5.74, 6) is 0.676. The zero-order valence-corrected chi connectivity index (χ0v) is 20.6. The van der Waals surface area contributed by atoms with Gasteiger partial charge in [-0.15, -0.1) is 24.0 Å². The van der Waals surface area contributed by atoms with Gasteiger partial charge in [0, 0.05) is 56.8 Å². The van der Waals surface area contributed by atoms with Gasteiger partial charge in [0.15, 0.2) is 5.96 Å². The predicted octanol–water partition coefficient (Wildman–Crippen LogP) is 2.58. The van der Waals surface area contributed by atoms with Crippen molar-refractivity contribution in [2.24, 2.45) is 4.99 Å². The third-order valence-electron chi connectivity index (χ3n) is 4.51. The van der Waals surface area contributed by atoms with Crippen LogP contribution in [-0.2, 0) is 16.6 Å². The largest absolute Gasteiger partial charge is 0.357 e. The molecule has 0 aliphatic rings. The van der Waals surface area contributed by atoms with E-state index in [1.54, 1.807) is 12.3 Å². The number of hydrogen-bond donors (Lipinski definition) is 3. The average Bonchev–Trinajstić information content (AvgIpc) is 3.18. The van der Waals surface area contributed by atoms with Crippen LogP contribution in [0.5, 0.6) is 0 Å². The molecule has 0 aliphatic carbocycles. The number of nitrogens with zero attached hydrogens (tertiary/aromatic N) is 3. The van der Waals surface area contributed by atoms with E-state index in [9.17, 15) is 8.42 Å². The molecule has 3 N–H and O–H groups in total. The second-order valence-corrected chi connectivity index (χ2v) is 8.46. The van der Waals surface area contributed by atoms with Gasteiger partial charge in [-0.2, -0.15) is 0 Å². The van der Waals surface area contributed by atoms with Gasteiger partial charge in [-0.3, -0.25) is 9.98 Å². The van der Waals surface area contributed by atoms with Crippen molar-refractivity contribution in [3.8, 4) is 0 Å². The SMILES string of the molecule is CCNC(=NCCCn1ccc2ccccc21)NCCNS(=O)(=O)c1cccnc1.I. The van der Waals surface area contributed by atoms with Gasteiger partial charge in [0.25, 0.3) is 0 Å². The highest BCUT2D eigenvalue weighted by Crippen LogP contribution is 2.15. The van der Waals surface area contributed by atoms with Crippen LogP contribution in [0, 0.1) is 0 Å². The Labute approximate surface area is 200 Å². The molecule has 2 aromatic heterocycles. The lowest BCUT2D eigenvalue weighted by Crippen LogP contribution is -2.41. The number of halogens is 1. The first kappa shape index (κ1) is 25.1. The molecule has 0 atom stereocenters. The van der Waals surface area contributed by atoms with Crippen LogP contribution in [0.15, 0.2) is 70.9 Å². The summed E-state index contributed by atoms with van der Waals surface area (Å²) in [6, 6.07) is 13.6. The quantitative estimate of drug-likeness (QED) is 0.154. The van der Waals surface area contributed by atoms with Gasteiger partial charge in [-0.25, -0.2) is 13.1 Å². The van der Waals surface area contributed by atoms with Crippen molar-refractivity contribution < 1.29 is 8.42 Å². The van der Waals surface area contributed by atoms with E-state index in [1.807, 2.05) is 19.1 Å². The Morgan fingerprint density at radius 3 is 2.71 bits per heavy atom. The van der Waals surface area contributed by atoms with Crippen molar-refractivity contribution in [3.63, 3.8) is 0 Å². The van der Waals surface area contributed by atoms with Crippen LogP contribution in [0.3, 0.4) is 0 Å². The van der Waals surface area contributed by atoms with Crippen molar-refractivity contribution in [1.82, 2.24) is 24.9 Å². The lowest BCUT2D eigenvalue weighted by molar-refractivity contribution is 0.580. The summed E-state index contributed by atoms with van der Waals surface area (Å²) < 4.78 is 29.2. The standard InChI is InChI=1S/C21H28N6O2S.HI/c1-2-23-21(25-13-14-26-30(28,29)19-8-5-11-22-17-19)24-12-6-15-27-16-10-18-7-3-4-9-20(18)27;/h3-5,7-11,16-17,26H,2,6,12-15H2,1H3,(H2,23,24,25);1H. The lowest BCUT2D eigenvalue weighted by Gasteiger charge is -2.12. The summed E-state index contributed by atoms with van der Waals surface area (Å²) in [5, 5.41) is 7.58. The van der Waals surface area contributed by atoms with Crippen LogP contribution in [0.2, 0.25) is 0 Å².